The molecule has 1 saturated heterocycles. The zero-order chi connectivity index (χ0) is 19.4. The first-order valence-electron chi connectivity index (χ1n) is 9.02. The van der Waals surface area contributed by atoms with Crippen molar-refractivity contribution in [3.63, 3.8) is 0 Å². The monoisotopic (exact) mass is 391 g/mol. The van der Waals surface area contributed by atoms with Gasteiger partial charge in [0.1, 0.15) is 5.60 Å². The van der Waals surface area contributed by atoms with E-state index in [9.17, 15) is 4.79 Å². The molecule has 7 heteroatoms. The third-order valence-electron chi connectivity index (χ3n) is 5.22. The number of primary amides is 1. The second kappa shape index (κ2) is 8.44. The molecule has 0 bridgehead atoms. The van der Waals surface area contributed by atoms with Gasteiger partial charge >= 0.3 is 0 Å². The molecule has 0 radical (unpaired) electrons. The number of hydrogen-bond acceptors (Lipinski definition) is 5. The number of amides is 1. The van der Waals surface area contributed by atoms with E-state index in [1.165, 1.54) is 5.56 Å². The highest BCUT2D eigenvalue weighted by atomic mass is 35.5. The van der Waals surface area contributed by atoms with E-state index in [0.717, 1.165) is 19.6 Å². The van der Waals surface area contributed by atoms with Crippen molar-refractivity contribution >= 4 is 17.5 Å². The first-order chi connectivity index (χ1) is 12.9. The lowest BCUT2D eigenvalue weighted by Crippen LogP contribution is -2.52. The molecule has 1 aliphatic carbocycles. The maximum absolute atomic E-state index is 12.0. The third kappa shape index (κ3) is 4.52. The van der Waals surface area contributed by atoms with Crippen LogP contribution >= 0.6 is 11.6 Å². The first-order valence-corrected chi connectivity index (χ1v) is 9.39. The summed E-state index contributed by atoms with van der Waals surface area (Å²) >= 11 is 6.11. The summed E-state index contributed by atoms with van der Waals surface area (Å²) in [6, 6.07) is 10.3. The Bertz CT molecular complexity index is 737. The molecule has 3 rings (SSSR count). The van der Waals surface area contributed by atoms with Gasteiger partial charge in [-0.05, 0) is 17.7 Å². The Morgan fingerprint density at radius 3 is 2.81 bits per heavy atom. The Labute approximate surface area is 164 Å². The quantitative estimate of drug-likeness (QED) is 0.770. The van der Waals surface area contributed by atoms with E-state index in [1.54, 1.807) is 19.3 Å². The molecular formula is C20H26ClN3O3. The van der Waals surface area contributed by atoms with Crippen LogP contribution in [-0.4, -0.2) is 49.3 Å². The topological polar surface area (TPSA) is 90.8 Å². The number of halogens is 1. The van der Waals surface area contributed by atoms with Gasteiger partial charge in [0.05, 0.1) is 23.7 Å². The summed E-state index contributed by atoms with van der Waals surface area (Å²) in [6.45, 7) is 3.06. The van der Waals surface area contributed by atoms with Crippen LogP contribution in [0.5, 0.6) is 0 Å². The molecule has 2 aliphatic rings. The van der Waals surface area contributed by atoms with Crippen molar-refractivity contribution in [3.8, 4) is 0 Å². The number of allylic oxidation sites excluding steroid dienone is 1. The molecule has 1 amide bonds. The summed E-state index contributed by atoms with van der Waals surface area (Å²) in [5.41, 5.74) is 12.3. The van der Waals surface area contributed by atoms with Gasteiger partial charge in [-0.3, -0.25) is 9.69 Å². The van der Waals surface area contributed by atoms with Crippen molar-refractivity contribution in [2.24, 2.45) is 17.4 Å². The van der Waals surface area contributed by atoms with Gasteiger partial charge in [-0.1, -0.05) is 41.9 Å². The van der Waals surface area contributed by atoms with Crippen molar-refractivity contribution in [1.29, 1.82) is 0 Å². The molecule has 27 heavy (non-hydrogen) atoms. The van der Waals surface area contributed by atoms with Crippen LogP contribution in [0.25, 0.3) is 0 Å². The van der Waals surface area contributed by atoms with Crippen LogP contribution in [0, 0.1) is 5.92 Å². The van der Waals surface area contributed by atoms with Gasteiger partial charge in [-0.2, -0.15) is 0 Å². The van der Waals surface area contributed by atoms with Gasteiger partial charge in [0.25, 0.3) is 0 Å². The number of morpholine rings is 1. The van der Waals surface area contributed by atoms with Crippen molar-refractivity contribution < 1.29 is 14.3 Å². The zero-order valence-electron chi connectivity index (χ0n) is 15.4. The predicted octanol–water partition coefficient (Wildman–Crippen LogP) is 1.74. The average molecular weight is 392 g/mol. The second-order valence-electron chi connectivity index (χ2n) is 7.07. The van der Waals surface area contributed by atoms with Crippen LogP contribution in [0.15, 0.2) is 53.2 Å². The predicted molar refractivity (Wildman–Crippen MR) is 105 cm³/mol. The minimum atomic E-state index is -0.964. The highest BCUT2D eigenvalue weighted by Gasteiger charge is 2.45. The van der Waals surface area contributed by atoms with E-state index in [4.69, 9.17) is 32.5 Å². The first kappa shape index (κ1) is 19.9. The van der Waals surface area contributed by atoms with Crippen LogP contribution in [-0.2, 0) is 20.8 Å². The van der Waals surface area contributed by atoms with Crippen molar-refractivity contribution in [2.75, 3.05) is 26.8 Å². The molecule has 4 N–H and O–H groups in total. The Balaban J connectivity index is 1.74. The minimum Gasteiger partial charge on any atom is -0.398 e. The molecule has 1 heterocycles. The van der Waals surface area contributed by atoms with Crippen LogP contribution in [0.4, 0.5) is 0 Å². The molecule has 1 aromatic rings. The molecule has 146 valence electrons. The standard InChI is InChI=1S/C20H26ClN3O3/c1-26-20(11-18(22)17(21)9-16(20)19(23)25)10-15-13-24(7-8-27-15)12-14-5-3-2-4-6-14/h2-6,9,11,15-16H,7-8,10,12-13,22H2,1H3,(H2,23,25). The van der Waals surface area contributed by atoms with E-state index in [0.29, 0.717) is 23.8 Å². The van der Waals surface area contributed by atoms with Crippen molar-refractivity contribution in [2.45, 2.75) is 24.7 Å². The lowest BCUT2D eigenvalue weighted by atomic mass is 9.78. The van der Waals surface area contributed by atoms with Gasteiger partial charge in [-0.25, -0.2) is 0 Å². The van der Waals surface area contributed by atoms with Gasteiger partial charge in [0.15, 0.2) is 0 Å². The number of ether oxygens (including phenoxy) is 2. The smallest absolute Gasteiger partial charge is 0.227 e. The van der Waals surface area contributed by atoms with Gasteiger partial charge < -0.3 is 20.9 Å². The fourth-order valence-electron chi connectivity index (χ4n) is 3.83. The zero-order valence-corrected chi connectivity index (χ0v) is 16.2. The maximum atomic E-state index is 12.0. The SMILES string of the molecule is COC1(CC2CN(Cc3ccccc3)CCO2)C=C(N)C(Cl)=CC1C(N)=O. The molecule has 3 unspecified atom stereocenters. The lowest BCUT2D eigenvalue weighted by molar-refractivity contribution is -0.132. The number of nitrogens with two attached hydrogens (primary N) is 2. The maximum Gasteiger partial charge on any atom is 0.227 e. The van der Waals surface area contributed by atoms with Crippen molar-refractivity contribution in [1.82, 2.24) is 4.90 Å². The summed E-state index contributed by atoms with van der Waals surface area (Å²) in [4.78, 5) is 14.4. The largest absolute Gasteiger partial charge is 0.398 e. The second-order valence-corrected chi connectivity index (χ2v) is 7.48. The summed E-state index contributed by atoms with van der Waals surface area (Å²) in [5.74, 6) is -1.20. The molecule has 0 saturated carbocycles. The Morgan fingerprint density at radius 1 is 1.41 bits per heavy atom. The molecule has 3 atom stereocenters. The molecule has 1 aliphatic heterocycles. The molecule has 0 spiro atoms. The highest BCUT2D eigenvalue weighted by Crippen LogP contribution is 2.38. The van der Waals surface area contributed by atoms with E-state index in [1.807, 2.05) is 18.2 Å². The number of nitrogens with zero attached hydrogens (tertiary/aromatic N) is 1. The minimum absolute atomic E-state index is 0.112. The molecule has 1 fully saturated rings. The van der Waals surface area contributed by atoms with Gasteiger partial charge in [0.2, 0.25) is 5.91 Å². The van der Waals surface area contributed by atoms with E-state index >= 15 is 0 Å². The van der Waals surface area contributed by atoms with Crippen molar-refractivity contribution in [3.05, 3.63) is 58.8 Å². The van der Waals surface area contributed by atoms with E-state index in [2.05, 4.69) is 17.0 Å². The number of hydrogen-bond donors (Lipinski definition) is 2. The molecule has 1 aromatic carbocycles. The van der Waals surface area contributed by atoms with Crippen LogP contribution < -0.4 is 11.5 Å². The number of rotatable bonds is 6. The summed E-state index contributed by atoms with van der Waals surface area (Å²) in [6.07, 6.45) is 3.62. The number of benzene rings is 1. The van der Waals surface area contributed by atoms with E-state index < -0.39 is 17.4 Å². The molecular weight excluding hydrogens is 366 g/mol. The number of carbonyl (C=O) groups is 1. The summed E-state index contributed by atoms with van der Waals surface area (Å²) in [5, 5.41) is 0.321. The van der Waals surface area contributed by atoms with Crippen LogP contribution in [0.1, 0.15) is 12.0 Å². The number of carbonyl (C=O) groups excluding carboxylic acids is 1. The van der Waals surface area contributed by atoms with Crippen LogP contribution in [0.3, 0.4) is 0 Å². The fourth-order valence-corrected chi connectivity index (χ4v) is 4.01. The summed E-state index contributed by atoms with van der Waals surface area (Å²) < 4.78 is 11.7. The Hall–Kier alpha value is -1.86. The molecule has 0 aromatic heterocycles. The Morgan fingerprint density at radius 2 is 2.15 bits per heavy atom. The van der Waals surface area contributed by atoms with Gasteiger partial charge in [0, 0.05) is 38.9 Å². The summed E-state index contributed by atoms with van der Waals surface area (Å²) in [7, 11) is 1.55. The van der Waals surface area contributed by atoms with E-state index in [-0.39, 0.29) is 6.10 Å². The number of methoxy groups -OCH3 is 1. The fraction of sp³-hybridized carbons (Fsp3) is 0.450. The van der Waals surface area contributed by atoms with Crippen LogP contribution in [0.2, 0.25) is 0 Å². The lowest BCUT2D eigenvalue weighted by Gasteiger charge is -2.42. The van der Waals surface area contributed by atoms with Gasteiger partial charge in [-0.15, -0.1) is 0 Å². The third-order valence-corrected chi connectivity index (χ3v) is 5.56. The average Bonchev–Trinajstić information content (AvgIpc) is 2.65. The normalized spacial score (nSPS) is 29.1. The highest BCUT2D eigenvalue weighted by molar-refractivity contribution is 6.32. The molecule has 6 nitrogen and oxygen atoms in total. The Kier molecular flexibility index (Phi) is 6.22.